The van der Waals surface area contributed by atoms with Crippen molar-refractivity contribution < 1.29 is 14.6 Å². The number of rotatable bonds is 8. The molecule has 0 saturated carbocycles. The molecule has 0 saturated heterocycles. The van der Waals surface area contributed by atoms with Crippen LogP contribution in [-0.4, -0.2) is 33.7 Å². The zero-order chi connectivity index (χ0) is 13.4. The lowest BCUT2D eigenvalue weighted by atomic mass is 10.1. The van der Waals surface area contributed by atoms with Gasteiger partial charge in [0.1, 0.15) is 0 Å². The zero-order valence-electron chi connectivity index (χ0n) is 10.7. The second kappa shape index (κ2) is 7.47. The molecule has 1 aromatic rings. The molecule has 0 aliphatic carbocycles. The van der Waals surface area contributed by atoms with Crippen LogP contribution in [0.25, 0.3) is 0 Å². The number of anilines is 1. The van der Waals surface area contributed by atoms with Crippen LogP contribution in [-0.2, 0) is 4.79 Å². The quantitative estimate of drug-likeness (QED) is 0.736. The molecule has 0 radical (unpaired) electrons. The van der Waals surface area contributed by atoms with Crippen molar-refractivity contribution in [3.63, 3.8) is 0 Å². The highest BCUT2D eigenvalue weighted by Gasteiger charge is 2.13. The maximum Gasteiger partial charge on any atom is 0.305 e. The number of hydrogen-bond acceptors (Lipinski definition) is 5. The molecule has 18 heavy (non-hydrogen) atoms. The van der Waals surface area contributed by atoms with E-state index in [-0.39, 0.29) is 12.5 Å². The van der Waals surface area contributed by atoms with Gasteiger partial charge in [-0.05, 0) is 13.3 Å². The number of carboxylic acids is 1. The van der Waals surface area contributed by atoms with Crippen LogP contribution < -0.4 is 10.1 Å². The van der Waals surface area contributed by atoms with Crippen molar-refractivity contribution in [2.45, 2.75) is 39.2 Å². The third-order valence-electron chi connectivity index (χ3n) is 2.31. The molecule has 6 heteroatoms. The molecular formula is C12H19N3O3. The molecule has 6 nitrogen and oxygen atoms in total. The number of aliphatic carboxylic acids is 1. The van der Waals surface area contributed by atoms with Gasteiger partial charge in [0, 0.05) is 18.3 Å². The van der Waals surface area contributed by atoms with Crippen LogP contribution in [0.15, 0.2) is 12.3 Å². The summed E-state index contributed by atoms with van der Waals surface area (Å²) >= 11 is 0. The van der Waals surface area contributed by atoms with Gasteiger partial charge >= 0.3 is 5.97 Å². The van der Waals surface area contributed by atoms with Gasteiger partial charge in [0.2, 0.25) is 11.8 Å². The molecule has 0 fully saturated rings. The third kappa shape index (κ3) is 4.99. The van der Waals surface area contributed by atoms with E-state index in [2.05, 4.69) is 15.3 Å². The topological polar surface area (TPSA) is 84.3 Å². The van der Waals surface area contributed by atoms with Gasteiger partial charge < -0.3 is 15.2 Å². The van der Waals surface area contributed by atoms with E-state index in [0.717, 1.165) is 12.8 Å². The van der Waals surface area contributed by atoms with E-state index < -0.39 is 5.97 Å². The van der Waals surface area contributed by atoms with Crippen LogP contribution in [0, 0.1) is 0 Å². The Kier molecular flexibility index (Phi) is 5.90. The zero-order valence-corrected chi connectivity index (χ0v) is 10.7. The van der Waals surface area contributed by atoms with Gasteiger partial charge in [-0.1, -0.05) is 13.3 Å². The van der Waals surface area contributed by atoms with E-state index in [9.17, 15) is 4.79 Å². The molecule has 1 unspecified atom stereocenters. The van der Waals surface area contributed by atoms with E-state index in [1.54, 1.807) is 12.3 Å². The maximum atomic E-state index is 10.7. The lowest BCUT2D eigenvalue weighted by Gasteiger charge is -2.16. The molecule has 1 rings (SSSR count). The normalized spacial score (nSPS) is 11.9. The summed E-state index contributed by atoms with van der Waals surface area (Å²) in [5, 5.41) is 11.8. The van der Waals surface area contributed by atoms with Crippen molar-refractivity contribution in [2.75, 3.05) is 11.9 Å². The Balaban J connectivity index is 2.67. The molecular weight excluding hydrogens is 234 g/mol. The van der Waals surface area contributed by atoms with Crippen molar-refractivity contribution in [1.82, 2.24) is 9.97 Å². The minimum atomic E-state index is -0.832. The average Bonchev–Trinajstić information content (AvgIpc) is 2.29. The van der Waals surface area contributed by atoms with Crippen LogP contribution in [0.5, 0.6) is 5.88 Å². The minimum Gasteiger partial charge on any atom is -0.481 e. The molecule has 0 amide bonds. The molecule has 0 bridgehead atoms. The monoisotopic (exact) mass is 253 g/mol. The van der Waals surface area contributed by atoms with Gasteiger partial charge in [0.15, 0.2) is 0 Å². The SMILES string of the molecule is CCCC(CC(=O)O)Nc1nccc(OCC)n1. The third-order valence-corrected chi connectivity index (χ3v) is 2.31. The Morgan fingerprint density at radius 1 is 1.56 bits per heavy atom. The van der Waals surface area contributed by atoms with Crippen molar-refractivity contribution in [3.8, 4) is 5.88 Å². The molecule has 1 heterocycles. The molecule has 2 N–H and O–H groups in total. The van der Waals surface area contributed by atoms with Crippen LogP contribution >= 0.6 is 0 Å². The summed E-state index contributed by atoms with van der Waals surface area (Å²) in [6.07, 6.45) is 3.30. The van der Waals surface area contributed by atoms with E-state index in [0.29, 0.717) is 18.4 Å². The Morgan fingerprint density at radius 3 is 2.94 bits per heavy atom. The highest BCUT2D eigenvalue weighted by molar-refractivity contribution is 5.68. The number of carboxylic acid groups (broad SMARTS) is 1. The van der Waals surface area contributed by atoms with Gasteiger partial charge in [-0.15, -0.1) is 0 Å². The number of nitrogens with zero attached hydrogens (tertiary/aromatic N) is 2. The number of ether oxygens (including phenoxy) is 1. The van der Waals surface area contributed by atoms with Crippen molar-refractivity contribution in [1.29, 1.82) is 0 Å². The summed E-state index contributed by atoms with van der Waals surface area (Å²) < 4.78 is 5.26. The summed E-state index contributed by atoms with van der Waals surface area (Å²) in [6, 6.07) is 1.50. The fraction of sp³-hybridized carbons (Fsp3) is 0.583. The highest BCUT2D eigenvalue weighted by atomic mass is 16.5. The second-order valence-electron chi connectivity index (χ2n) is 3.88. The molecule has 1 aromatic heterocycles. The number of nitrogens with one attached hydrogen (secondary N) is 1. The standard InChI is InChI=1S/C12H19N3O3/c1-3-5-9(8-11(16)17)14-12-13-7-6-10(15-12)18-4-2/h6-7,9H,3-5,8H2,1-2H3,(H,16,17)(H,13,14,15). The van der Waals surface area contributed by atoms with E-state index in [1.807, 2.05) is 13.8 Å². The summed E-state index contributed by atoms with van der Waals surface area (Å²) in [5.74, 6) is 0.0585. The van der Waals surface area contributed by atoms with E-state index in [1.165, 1.54) is 0 Å². The summed E-state index contributed by atoms with van der Waals surface area (Å²) in [4.78, 5) is 18.9. The van der Waals surface area contributed by atoms with Crippen molar-refractivity contribution in [3.05, 3.63) is 12.3 Å². The van der Waals surface area contributed by atoms with Crippen molar-refractivity contribution in [2.24, 2.45) is 0 Å². The summed E-state index contributed by atoms with van der Waals surface area (Å²) in [5.41, 5.74) is 0. The first-order valence-electron chi connectivity index (χ1n) is 6.09. The van der Waals surface area contributed by atoms with Gasteiger partial charge in [-0.2, -0.15) is 4.98 Å². The highest BCUT2D eigenvalue weighted by Crippen LogP contribution is 2.12. The molecule has 1 atom stereocenters. The first-order chi connectivity index (χ1) is 8.65. The Labute approximate surface area is 106 Å². The maximum absolute atomic E-state index is 10.7. The number of carbonyl (C=O) groups is 1. The molecule has 0 aliphatic heterocycles. The molecule has 0 spiro atoms. The van der Waals surface area contributed by atoms with Gasteiger partial charge in [0.05, 0.1) is 13.0 Å². The van der Waals surface area contributed by atoms with Gasteiger partial charge in [-0.25, -0.2) is 4.98 Å². The second-order valence-corrected chi connectivity index (χ2v) is 3.88. The average molecular weight is 253 g/mol. The predicted octanol–water partition coefficient (Wildman–Crippen LogP) is 1.93. The van der Waals surface area contributed by atoms with Crippen LogP contribution in [0.3, 0.4) is 0 Å². The largest absolute Gasteiger partial charge is 0.481 e. The Hall–Kier alpha value is -1.85. The smallest absolute Gasteiger partial charge is 0.305 e. The summed E-state index contributed by atoms with van der Waals surface area (Å²) in [6.45, 7) is 4.41. The molecule has 100 valence electrons. The first-order valence-corrected chi connectivity index (χ1v) is 6.09. The number of hydrogen-bond donors (Lipinski definition) is 2. The van der Waals surface area contributed by atoms with Gasteiger partial charge in [-0.3, -0.25) is 4.79 Å². The fourth-order valence-electron chi connectivity index (χ4n) is 1.61. The lowest BCUT2D eigenvalue weighted by Crippen LogP contribution is -2.24. The predicted molar refractivity (Wildman–Crippen MR) is 67.8 cm³/mol. The van der Waals surface area contributed by atoms with E-state index >= 15 is 0 Å². The van der Waals surface area contributed by atoms with Crippen LogP contribution in [0.4, 0.5) is 5.95 Å². The molecule has 0 aromatic carbocycles. The molecule has 0 aliphatic rings. The van der Waals surface area contributed by atoms with Crippen LogP contribution in [0.2, 0.25) is 0 Å². The van der Waals surface area contributed by atoms with Gasteiger partial charge in [0.25, 0.3) is 0 Å². The Bertz CT molecular complexity index is 385. The van der Waals surface area contributed by atoms with Crippen molar-refractivity contribution >= 4 is 11.9 Å². The minimum absolute atomic E-state index is 0.0516. The number of aromatic nitrogens is 2. The Morgan fingerprint density at radius 2 is 2.33 bits per heavy atom. The summed E-state index contributed by atoms with van der Waals surface area (Å²) in [7, 11) is 0. The first kappa shape index (κ1) is 14.2. The fourth-order valence-corrected chi connectivity index (χ4v) is 1.61. The lowest BCUT2D eigenvalue weighted by molar-refractivity contribution is -0.137. The van der Waals surface area contributed by atoms with E-state index in [4.69, 9.17) is 9.84 Å². The van der Waals surface area contributed by atoms with Crippen LogP contribution in [0.1, 0.15) is 33.1 Å².